The molecule has 2 aromatic carbocycles. The molecule has 0 fully saturated rings. The Morgan fingerprint density at radius 2 is 1.97 bits per heavy atom. The minimum atomic E-state index is -4.39. The standard InChI is InChI=1S/C25H25F3N2O4.Na.H/c1-16-20(29-24(34-16)17-7-9-18(10-8-17)25(26,27)28)12-15-33-22-6-2-5-21-19(22)4-3-13-30(21)14-11-23(31)32;;/h2,5-10H,3-4,11-15H2,1H3,(H,31,32);;/q;+1;-1. The number of alkyl halides is 3. The molecule has 0 atom stereocenters. The van der Waals surface area contributed by atoms with E-state index in [1.807, 2.05) is 18.2 Å². The number of fused-ring (bicyclic) bond motifs is 1. The summed E-state index contributed by atoms with van der Waals surface area (Å²) >= 11 is 0. The predicted octanol–water partition coefficient (Wildman–Crippen LogP) is 2.63. The fraction of sp³-hybridized carbons (Fsp3) is 0.360. The van der Waals surface area contributed by atoms with Crippen LogP contribution in [0, 0.1) is 6.92 Å². The van der Waals surface area contributed by atoms with Gasteiger partial charge in [0.1, 0.15) is 11.5 Å². The number of aromatic nitrogens is 1. The first-order valence-electron chi connectivity index (χ1n) is 11.1. The van der Waals surface area contributed by atoms with Crippen LogP contribution in [0.25, 0.3) is 11.5 Å². The number of halogens is 3. The van der Waals surface area contributed by atoms with Crippen LogP contribution in [0.15, 0.2) is 46.9 Å². The van der Waals surface area contributed by atoms with Gasteiger partial charge in [-0.1, -0.05) is 6.07 Å². The first-order chi connectivity index (χ1) is 16.2. The molecule has 1 N–H and O–H groups in total. The molecule has 0 amide bonds. The Balaban J connectivity index is 0.00000228. The van der Waals surface area contributed by atoms with E-state index in [1.54, 1.807) is 6.92 Å². The number of aliphatic carboxylic acids is 1. The number of benzene rings is 2. The van der Waals surface area contributed by atoms with Crippen molar-refractivity contribution in [1.29, 1.82) is 0 Å². The van der Waals surface area contributed by atoms with Crippen molar-refractivity contribution in [3.8, 4) is 17.2 Å². The maximum atomic E-state index is 12.8. The number of aryl methyl sites for hydroxylation is 1. The Hall–Kier alpha value is -2.49. The zero-order chi connectivity index (χ0) is 24.3. The van der Waals surface area contributed by atoms with Gasteiger partial charge in [0.25, 0.3) is 0 Å². The van der Waals surface area contributed by atoms with E-state index in [0.29, 0.717) is 36.6 Å². The molecule has 2 heterocycles. The van der Waals surface area contributed by atoms with E-state index in [4.69, 9.17) is 14.3 Å². The summed E-state index contributed by atoms with van der Waals surface area (Å²) in [5, 5.41) is 9.00. The molecule has 0 saturated heterocycles. The van der Waals surface area contributed by atoms with Gasteiger partial charge in [0, 0.05) is 36.3 Å². The second-order valence-corrected chi connectivity index (χ2v) is 8.18. The molecule has 0 bridgehead atoms. The number of carboxylic acid groups (broad SMARTS) is 1. The third kappa shape index (κ3) is 6.59. The molecule has 3 aromatic rings. The largest absolute Gasteiger partial charge is 1.00 e. The van der Waals surface area contributed by atoms with Gasteiger partial charge in [0.05, 0.1) is 24.3 Å². The molecule has 0 spiro atoms. The van der Waals surface area contributed by atoms with Crippen LogP contribution in [0.4, 0.5) is 18.9 Å². The Bertz CT molecular complexity index is 1170. The SMILES string of the molecule is Cc1oc(-c2ccc(C(F)(F)F)cc2)nc1CCOc1cccc2c1CCCN2CCC(=O)O.[H-].[Na+]. The zero-order valence-electron chi connectivity index (χ0n) is 20.7. The molecule has 0 saturated carbocycles. The summed E-state index contributed by atoms with van der Waals surface area (Å²) in [5.74, 6) is 0.806. The van der Waals surface area contributed by atoms with Crippen molar-refractivity contribution in [2.75, 3.05) is 24.6 Å². The number of nitrogens with zero attached hydrogens (tertiary/aromatic N) is 2. The first-order valence-corrected chi connectivity index (χ1v) is 11.1. The predicted molar refractivity (Wildman–Crippen MR) is 121 cm³/mol. The molecule has 6 nitrogen and oxygen atoms in total. The summed E-state index contributed by atoms with van der Waals surface area (Å²) in [4.78, 5) is 17.5. The number of anilines is 1. The second kappa shape index (κ2) is 11.5. The number of ether oxygens (including phenoxy) is 1. The van der Waals surface area contributed by atoms with Crippen molar-refractivity contribution in [2.24, 2.45) is 0 Å². The number of carboxylic acids is 1. The van der Waals surface area contributed by atoms with E-state index in [2.05, 4.69) is 9.88 Å². The van der Waals surface area contributed by atoms with Gasteiger partial charge >= 0.3 is 41.7 Å². The molecule has 0 unspecified atom stereocenters. The van der Waals surface area contributed by atoms with Crippen LogP contribution in [0.3, 0.4) is 0 Å². The summed E-state index contributed by atoms with van der Waals surface area (Å²) in [6.07, 6.45) is -2.06. The van der Waals surface area contributed by atoms with Crippen molar-refractivity contribution < 1.29 is 63.2 Å². The van der Waals surface area contributed by atoms with Crippen LogP contribution >= 0.6 is 0 Å². The third-order valence-corrected chi connectivity index (χ3v) is 5.85. The summed E-state index contributed by atoms with van der Waals surface area (Å²) in [7, 11) is 0. The van der Waals surface area contributed by atoms with E-state index in [0.717, 1.165) is 48.5 Å². The molecular formula is C25H26F3N2NaO4. The van der Waals surface area contributed by atoms with Crippen molar-refractivity contribution in [3.63, 3.8) is 0 Å². The summed E-state index contributed by atoms with van der Waals surface area (Å²) in [6, 6.07) is 10.5. The average Bonchev–Trinajstić information content (AvgIpc) is 3.17. The van der Waals surface area contributed by atoms with Crippen LogP contribution in [-0.2, 0) is 23.8 Å². The van der Waals surface area contributed by atoms with Gasteiger partial charge in [-0.15, -0.1) is 0 Å². The average molecular weight is 498 g/mol. The van der Waals surface area contributed by atoms with Crippen LogP contribution in [0.1, 0.15) is 36.8 Å². The van der Waals surface area contributed by atoms with Crippen LogP contribution in [-0.4, -0.2) is 35.8 Å². The van der Waals surface area contributed by atoms with Crippen molar-refractivity contribution in [1.82, 2.24) is 4.98 Å². The van der Waals surface area contributed by atoms with Gasteiger partial charge in [0.2, 0.25) is 5.89 Å². The van der Waals surface area contributed by atoms with Gasteiger partial charge in [-0.2, -0.15) is 13.2 Å². The van der Waals surface area contributed by atoms with Gasteiger partial charge < -0.3 is 20.6 Å². The molecule has 4 rings (SSSR count). The van der Waals surface area contributed by atoms with Crippen molar-refractivity contribution >= 4 is 11.7 Å². The normalized spacial score (nSPS) is 13.2. The van der Waals surface area contributed by atoms with E-state index in [-0.39, 0.29) is 43.3 Å². The van der Waals surface area contributed by atoms with E-state index >= 15 is 0 Å². The van der Waals surface area contributed by atoms with Gasteiger partial charge in [-0.25, -0.2) is 4.98 Å². The molecule has 182 valence electrons. The maximum Gasteiger partial charge on any atom is 1.00 e. The Morgan fingerprint density at radius 1 is 1.23 bits per heavy atom. The van der Waals surface area contributed by atoms with Crippen molar-refractivity contribution in [2.45, 2.75) is 38.8 Å². The molecule has 10 heteroatoms. The first kappa shape index (κ1) is 27.1. The molecule has 1 aromatic heterocycles. The fourth-order valence-corrected chi connectivity index (χ4v) is 4.11. The molecule has 1 aliphatic rings. The smallest absolute Gasteiger partial charge is 1.00 e. The maximum absolute atomic E-state index is 12.8. The van der Waals surface area contributed by atoms with Gasteiger partial charge in [0.15, 0.2) is 0 Å². The van der Waals surface area contributed by atoms with E-state index < -0.39 is 17.7 Å². The Morgan fingerprint density at radius 3 is 2.66 bits per heavy atom. The number of hydrogen-bond donors (Lipinski definition) is 1. The van der Waals surface area contributed by atoms with E-state index in [9.17, 15) is 18.0 Å². The quantitative estimate of drug-likeness (QED) is 0.482. The Kier molecular flexibility index (Phi) is 8.90. The topological polar surface area (TPSA) is 75.8 Å². The minimum Gasteiger partial charge on any atom is -1.00 e. The summed E-state index contributed by atoms with van der Waals surface area (Å²) < 4.78 is 50.1. The minimum absolute atomic E-state index is 0. The van der Waals surface area contributed by atoms with E-state index in [1.165, 1.54) is 12.1 Å². The van der Waals surface area contributed by atoms with Crippen molar-refractivity contribution in [3.05, 3.63) is 65.0 Å². The Labute approximate surface area is 224 Å². The number of rotatable bonds is 8. The number of carbonyl (C=O) groups is 1. The fourth-order valence-electron chi connectivity index (χ4n) is 4.11. The molecule has 0 aliphatic carbocycles. The molecule has 0 radical (unpaired) electrons. The summed E-state index contributed by atoms with van der Waals surface area (Å²) in [5.41, 5.74) is 2.51. The van der Waals surface area contributed by atoms with Crippen LogP contribution in [0.2, 0.25) is 0 Å². The molecule has 35 heavy (non-hydrogen) atoms. The zero-order valence-corrected chi connectivity index (χ0v) is 21.7. The van der Waals surface area contributed by atoms with Crippen LogP contribution in [0.5, 0.6) is 5.75 Å². The number of oxazole rings is 1. The summed E-state index contributed by atoms with van der Waals surface area (Å²) in [6.45, 7) is 3.39. The third-order valence-electron chi connectivity index (χ3n) is 5.85. The van der Waals surface area contributed by atoms with Gasteiger partial charge in [-0.3, -0.25) is 4.79 Å². The molecule has 1 aliphatic heterocycles. The second-order valence-electron chi connectivity index (χ2n) is 8.18. The van der Waals surface area contributed by atoms with Gasteiger partial charge in [-0.05, 0) is 56.2 Å². The molecular weight excluding hydrogens is 472 g/mol. The number of hydrogen-bond acceptors (Lipinski definition) is 5. The van der Waals surface area contributed by atoms with Crippen LogP contribution < -0.4 is 39.2 Å². The monoisotopic (exact) mass is 498 g/mol.